The van der Waals surface area contributed by atoms with E-state index in [1.165, 1.54) is 0 Å². The number of phenolic OH excluding ortho intramolecular Hbond substituents is 1. The van der Waals surface area contributed by atoms with Gasteiger partial charge in [0.05, 0.1) is 11.4 Å². The van der Waals surface area contributed by atoms with E-state index in [4.69, 9.17) is 10.5 Å². The summed E-state index contributed by atoms with van der Waals surface area (Å²) >= 11 is 0. The third-order valence-corrected chi connectivity index (χ3v) is 4.80. The van der Waals surface area contributed by atoms with Crippen molar-refractivity contribution in [2.75, 3.05) is 0 Å². The number of nitrogens with zero attached hydrogens (tertiary/aromatic N) is 1. The predicted octanol–water partition coefficient (Wildman–Crippen LogP) is 3.54. The molecule has 4 N–H and O–H groups in total. The van der Waals surface area contributed by atoms with Gasteiger partial charge in [0.15, 0.2) is 6.10 Å². The monoisotopic (exact) mass is 407 g/mol. The first kappa shape index (κ1) is 21.1. The van der Waals surface area contributed by atoms with Crippen molar-refractivity contribution < 1.29 is 14.6 Å². The summed E-state index contributed by atoms with van der Waals surface area (Å²) < 4.78 is 5.80. The van der Waals surface area contributed by atoms with E-state index in [1.54, 1.807) is 49.4 Å². The highest BCUT2D eigenvalue weighted by atomic mass is 16.5. The maximum absolute atomic E-state index is 12.2. The molecule has 1 amide bonds. The van der Waals surface area contributed by atoms with E-state index in [9.17, 15) is 14.7 Å². The number of unbranched alkanes of at least 4 members (excludes halogenated alkanes) is 1. The Hall–Kier alpha value is -3.61. The second-order valence-corrected chi connectivity index (χ2v) is 7.17. The number of primary amides is 1. The number of H-pyrrole nitrogens is 1. The zero-order valence-electron chi connectivity index (χ0n) is 17.0. The number of nitrogens with two attached hydrogens (primary N) is 1. The second kappa shape index (κ2) is 9.26. The van der Waals surface area contributed by atoms with Gasteiger partial charge in [0.25, 0.3) is 5.91 Å². The molecule has 7 heteroatoms. The van der Waals surface area contributed by atoms with Crippen LogP contribution in [0.15, 0.2) is 53.3 Å². The van der Waals surface area contributed by atoms with Crippen molar-refractivity contribution in [1.29, 1.82) is 0 Å². The Morgan fingerprint density at radius 2 is 2.00 bits per heavy atom. The van der Waals surface area contributed by atoms with Gasteiger partial charge in [-0.3, -0.25) is 4.79 Å². The lowest BCUT2D eigenvalue weighted by Gasteiger charge is -2.16. The minimum Gasteiger partial charge on any atom is -0.508 e. The van der Waals surface area contributed by atoms with Crippen molar-refractivity contribution >= 4 is 5.91 Å². The third-order valence-electron chi connectivity index (χ3n) is 4.80. The zero-order chi connectivity index (χ0) is 21.7. The van der Waals surface area contributed by atoms with E-state index in [-0.39, 0.29) is 5.75 Å². The number of phenols is 1. The number of aromatic nitrogens is 2. The van der Waals surface area contributed by atoms with Crippen molar-refractivity contribution in [2.45, 2.75) is 39.2 Å². The molecule has 7 nitrogen and oxygen atoms in total. The fourth-order valence-electron chi connectivity index (χ4n) is 3.13. The van der Waals surface area contributed by atoms with Gasteiger partial charge in [0.1, 0.15) is 11.5 Å². The van der Waals surface area contributed by atoms with Crippen LogP contribution in [-0.2, 0) is 4.79 Å². The Bertz CT molecular complexity index is 1110. The Morgan fingerprint density at radius 1 is 1.20 bits per heavy atom. The van der Waals surface area contributed by atoms with Gasteiger partial charge in [-0.1, -0.05) is 25.5 Å². The van der Waals surface area contributed by atoms with E-state index >= 15 is 0 Å². The molecule has 0 saturated carbocycles. The van der Waals surface area contributed by atoms with Crippen LogP contribution in [0.2, 0.25) is 0 Å². The normalized spacial score (nSPS) is 11.8. The molecule has 1 aromatic heterocycles. The highest BCUT2D eigenvalue weighted by molar-refractivity contribution is 5.79. The molecule has 0 aliphatic carbocycles. The number of benzene rings is 2. The number of carbonyl (C=O) groups is 1. The van der Waals surface area contributed by atoms with E-state index in [0.717, 1.165) is 18.4 Å². The summed E-state index contributed by atoms with van der Waals surface area (Å²) in [4.78, 5) is 30.6. The number of hydrogen-bond donors (Lipinski definition) is 3. The van der Waals surface area contributed by atoms with Crippen LogP contribution in [0.1, 0.15) is 31.7 Å². The van der Waals surface area contributed by atoms with Gasteiger partial charge in [-0.25, -0.2) is 4.79 Å². The van der Waals surface area contributed by atoms with Gasteiger partial charge < -0.3 is 20.6 Å². The molecule has 0 saturated heterocycles. The topological polar surface area (TPSA) is 118 Å². The number of ether oxygens (including phenoxy) is 1. The Morgan fingerprint density at radius 3 is 2.70 bits per heavy atom. The molecule has 0 spiro atoms. The van der Waals surface area contributed by atoms with Gasteiger partial charge in [0, 0.05) is 5.56 Å². The van der Waals surface area contributed by atoms with Gasteiger partial charge in [-0.2, -0.15) is 4.98 Å². The van der Waals surface area contributed by atoms with Gasteiger partial charge in [-0.15, -0.1) is 0 Å². The molecule has 0 aliphatic rings. The fourth-order valence-corrected chi connectivity index (χ4v) is 3.13. The summed E-state index contributed by atoms with van der Waals surface area (Å²) in [6.07, 6.45) is 1.61. The maximum Gasteiger partial charge on any atom is 0.345 e. The van der Waals surface area contributed by atoms with Gasteiger partial charge >= 0.3 is 5.69 Å². The van der Waals surface area contributed by atoms with E-state index in [2.05, 4.69) is 9.97 Å². The molecule has 30 heavy (non-hydrogen) atoms. The standard InChI is InChI=1S/C23H25N3O4/c1-3-4-8-21(22(24)28)30-17-7-5-6-15(12-17)18-13-19(26-23(29)25-18)16-9-10-20(27)14(2)11-16/h5-7,9-13,21,27H,3-4,8H2,1-2H3,(H2,24,28)(H,25,26,29). The van der Waals surface area contributed by atoms with Crippen LogP contribution in [0, 0.1) is 6.92 Å². The smallest absolute Gasteiger partial charge is 0.345 e. The van der Waals surface area contributed by atoms with Crippen molar-refractivity contribution in [3.63, 3.8) is 0 Å². The van der Waals surface area contributed by atoms with E-state index in [0.29, 0.717) is 34.7 Å². The molecule has 0 fully saturated rings. The number of aromatic hydroxyl groups is 1. The Labute approximate surface area is 174 Å². The van der Waals surface area contributed by atoms with Crippen molar-refractivity contribution in [2.24, 2.45) is 5.73 Å². The maximum atomic E-state index is 12.2. The van der Waals surface area contributed by atoms with Crippen LogP contribution in [0.25, 0.3) is 22.5 Å². The Kier molecular flexibility index (Phi) is 6.51. The van der Waals surface area contributed by atoms with Crippen LogP contribution >= 0.6 is 0 Å². The van der Waals surface area contributed by atoms with E-state index < -0.39 is 17.7 Å². The quantitative estimate of drug-likeness (QED) is 0.528. The summed E-state index contributed by atoms with van der Waals surface area (Å²) in [6, 6.07) is 13.9. The van der Waals surface area contributed by atoms with Gasteiger partial charge in [0.2, 0.25) is 0 Å². The largest absolute Gasteiger partial charge is 0.508 e. The molecule has 0 bridgehead atoms. The molecule has 1 atom stereocenters. The summed E-state index contributed by atoms with van der Waals surface area (Å²) in [7, 11) is 0. The molecular formula is C23H25N3O4. The molecular weight excluding hydrogens is 382 g/mol. The molecule has 0 aliphatic heterocycles. The van der Waals surface area contributed by atoms with Crippen LogP contribution in [0.3, 0.4) is 0 Å². The zero-order valence-corrected chi connectivity index (χ0v) is 17.0. The second-order valence-electron chi connectivity index (χ2n) is 7.17. The van der Waals surface area contributed by atoms with Crippen molar-refractivity contribution in [1.82, 2.24) is 9.97 Å². The van der Waals surface area contributed by atoms with Gasteiger partial charge in [-0.05, 0) is 67.3 Å². The van der Waals surface area contributed by atoms with E-state index in [1.807, 2.05) is 13.0 Å². The molecule has 3 rings (SSSR count). The number of hydrogen-bond acceptors (Lipinski definition) is 5. The molecule has 1 heterocycles. The average molecular weight is 407 g/mol. The van der Waals surface area contributed by atoms with Crippen LogP contribution < -0.4 is 16.2 Å². The number of nitrogens with one attached hydrogen (secondary N) is 1. The average Bonchev–Trinajstić information content (AvgIpc) is 2.72. The van der Waals surface area contributed by atoms with Crippen LogP contribution in [0.5, 0.6) is 11.5 Å². The molecule has 0 radical (unpaired) electrons. The van der Waals surface area contributed by atoms with Crippen LogP contribution in [-0.4, -0.2) is 27.1 Å². The SMILES string of the molecule is CCCCC(Oc1cccc(-c2cc(-c3ccc(O)c(C)c3)[nH]c(=O)n2)c1)C(N)=O. The number of carbonyl (C=O) groups excluding carboxylic acids is 1. The first-order valence-electron chi connectivity index (χ1n) is 9.85. The minimum absolute atomic E-state index is 0.187. The number of rotatable bonds is 8. The molecule has 3 aromatic rings. The van der Waals surface area contributed by atoms with Crippen LogP contribution in [0.4, 0.5) is 0 Å². The van der Waals surface area contributed by atoms with Crippen molar-refractivity contribution in [3.05, 3.63) is 64.6 Å². The lowest BCUT2D eigenvalue weighted by molar-refractivity contribution is -0.125. The minimum atomic E-state index is -0.706. The summed E-state index contributed by atoms with van der Waals surface area (Å²) in [5, 5.41) is 9.74. The highest BCUT2D eigenvalue weighted by Gasteiger charge is 2.17. The predicted molar refractivity (Wildman–Crippen MR) is 115 cm³/mol. The first-order chi connectivity index (χ1) is 14.4. The highest BCUT2D eigenvalue weighted by Crippen LogP contribution is 2.27. The first-order valence-corrected chi connectivity index (χ1v) is 9.85. The summed E-state index contributed by atoms with van der Waals surface area (Å²) in [5.41, 5.74) is 8.15. The number of amides is 1. The summed E-state index contributed by atoms with van der Waals surface area (Å²) in [6.45, 7) is 3.82. The third kappa shape index (κ3) is 5.05. The number of aryl methyl sites for hydroxylation is 1. The van der Waals surface area contributed by atoms with Crippen molar-refractivity contribution in [3.8, 4) is 34.0 Å². The molecule has 156 valence electrons. The summed E-state index contributed by atoms with van der Waals surface area (Å²) in [5.74, 6) is 0.164. The lowest BCUT2D eigenvalue weighted by atomic mass is 10.1. The fraction of sp³-hybridized carbons (Fsp3) is 0.261. The number of aromatic amines is 1. The molecule has 2 aromatic carbocycles. The Balaban J connectivity index is 1.93. The molecule has 1 unspecified atom stereocenters. The lowest BCUT2D eigenvalue weighted by Crippen LogP contribution is -2.33.